The van der Waals surface area contributed by atoms with Gasteiger partial charge in [-0.25, -0.2) is 9.37 Å². The summed E-state index contributed by atoms with van der Waals surface area (Å²) in [5.41, 5.74) is 0.412. The van der Waals surface area contributed by atoms with E-state index in [0.717, 1.165) is 23.4 Å². The van der Waals surface area contributed by atoms with Crippen molar-refractivity contribution in [1.82, 2.24) is 9.55 Å². The van der Waals surface area contributed by atoms with Gasteiger partial charge >= 0.3 is 6.18 Å². The molecule has 1 atom stereocenters. The van der Waals surface area contributed by atoms with Gasteiger partial charge in [0.15, 0.2) is 5.78 Å². The number of carbonyl (C=O) groups excluding carboxylic acids is 1. The zero-order valence-corrected chi connectivity index (χ0v) is 17.6. The van der Waals surface area contributed by atoms with Gasteiger partial charge in [-0.05, 0) is 55.4 Å². The van der Waals surface area contributed by atoms with Gasteiger partial charge in [-0.2, -0.15) is 13.2 Å². The molecular weight excluding hydrogens is 436 g/mol. The largest absolute Gasteiger partial charge is 0.416 e. The topological polar surface area (TPSA) is 55.1 Å². The molecule has 1 saturated carbocycles. The lowest BCUT2D eigenvalue weighted by molar-refractivity contribution is -0.141. The summed E-state index contributed by atoms with van der Waals surface area (Å²) in [6.45, 7) is 0. The van der Waals surface area contributed by atoms with Crippen molar-refractivity contribution in [3.63, 3.8) is 0 Å². The second kappa shape index (κ2) is 7.80. The van der Waals surface area contributed by atoms with Gasteiger partial charge in [0.1, 0.15) is 11.4 Å². The highest BCUT2D eigenvalue weighted by Gasteiger charge is 2.43. The zero-order chi connectivity index (χ0) is 23.4. The van der Waals surface area contributed by atoms with Gasteiger partial charge in [0.25, 0.3) is 0 Å². The monoisotopic (exact) mass is 458 g/mol. The van der Waals surface area contributed by atoms with Crippen LogP contribution in [0.4, 0.5) is 17.6 Å². The number of rotatable bonds is 4. The van der Waals surface area contributed by atoms with Gasteiger partial charge < -0.3 is 9.67 Å². The zero-order valence-electron chi connectivity index (χ0n) is 17.6. The van der Waals surface area contributed by atoms with E-state index >= 15 is 0 Å². The minimum absolute atomic E-state index is 0.0229. The van der Waals surface area contributed by atoms with Crippen molar-refractivity contribution in [3.8, 4) is 11.3 Å². The molecule has 2 aliphatic rings. The molecule has 0 bridgehead atoms. The molecule has 8 heteroatoms. The first-order valence-corrected chi connectivity index (χ1v) is 10.9. The van der Waals surface area contributed by atoms with Crippen LogP contribution in [0, 0.1) is 5.82 Å². The molecule has 33 heavy (non-hydrogen) atoms. The normalized spacial score (nSPS) is 24.4. The molecule has 0 spiro atoms. The fraction of sp³-hybridized carbons (Fsp3) is 0.360. The van der Waals surface area contributed by atoms with E-state index in [0.29, 0.717) is 24.0 Å². The average molecular weight is 458 g/mol. The van der Waals surface area contributed by atoms with Crippen molar-refractivity contribution in [2.24, 2.45) is 0 Å². The van der Waals surface area contributed by atoms with E-state index in [1.54, 1.807) is 29.2 Å². The molecule has 3 aromatic rings. The van der Waals surface area contributed by atoms with E-state index in [4.69, 9.17) is 0 Å². The molecule has 1 aliphatic heterocycles. The van der Waals surface area contributed by atoms with Crippen molar-refractivity contribution in [1.29, 1.82) is 0 Å². The first-order valence-electron chi connectivity index (χ1n) is 10.9. The predicted molar refractivity (Wildman–Crippen MR) is 113 cm³/mol. The lowest BCUT2D eigenvalue weighted by Gasteiger charge is -2.36. The molecule has 2 aromatic carbocycles. The van der Waals surface area contributed by atoms with E-state index in [9.17, 15) is 27.5 Å². The number of alkyl halides is 3. The Bertz CT molecular complexity index is 1190. The molecule has 1 fully saturated rings. The number of hydrogen-bond acceptors (Lipinski definition) is 3. The van der Waals surface area contributed by atoms with Crippen LogP contribution in [0.25, 0.3) is 11.3 Å². The quantitative estimate of drug-likeness (QED) is 0.514. The maximum atomic E-state index is 14.6. The minimum atomic E-state index is -4.38. The summed E-state index contributed by atoms with van der Waals surface area (Å²) in [5.74, 6) is -0.772. The highest BCUT2D eigenvalue weighted by Crippen LogP contribution is 2.45. The standard InChI is InChI=1S/C25H22F4N2O2/c26-19-3-1-2-18-21-13-30-14-31(21)20(23(18)19)12-22(32)24(33)10-8-16(9-11-24)15-4-6-17(7-5-15)25(27,28)29/h1-7,13-14,16,20,33H,8-12H2. The van der Waals surface area contributed by atoms with E-state index in [1.165, 1.54) is 18.2 Å². The first kappa shape index (κ1) is 21.8. The number of ketones is 1. The van der Waals surface area contributed by atoms with Crippen molar-refractivity contribution in [3.05, 3.63) is 77.5 Å². The van der Waals surface area contributed by atoms with Crippen LogP contribution in [0.15, 0.2) is 55.0 Å². The SMILES string of the molecule is O=C(CC1c2c(F)cccc2-c2cncn21)C1(O)CCC(c2ccc(C(F)(F)F)cc2)CC1. The summed E-state index contributed by atoms with van der Waals surface area (Å²) in [7, 11) is 0. The minimum Gasteiger partial charge on any atom is -0.382 e. The summed E-state index contributed by atoms with van der Waals surface area (Å²) in [6.07, 6.45) is 0.157. The lowest BCUT2D eigenvalue weighted by Crippen LogP contribution is -2.42. The maximum absolute atomic E-state index is 14.6. The number of aromatic nitrogens is 2. The van der Waals surface area contributed by atoms with E-state index < -0.39 is 29.2 Å². The maximum Gasteiger partial charge on any atom is 0.416 e. The van der Waals surface area contributed by atoms with E-state index in [-0.39, 0.29) is 31.0 Å². The molecule has 0 radical (unpaired) electrons. The van der Waals surface area contributed by atoms with Crippen molar-refractivity contribution < 1.29 is 27.5 Å². The third-order valence-electron chi connectivity index (χ3n) is 7.08. The van der Waals surface area contributed by atoms with E-state index in [1.807, 2.05) is 0 Å². The molecule has 1 aliphatic carbocycles. The number of benzene rings is 2. The second-order valence-electron chi connectivity index (χ2n) is 8.96. The highest BCUT2D eigenvalue weighted by atomic mass is 19.4. The summed E-state index contributed by atoms with van der Waals surface area (Å²) >= 11 is 0. The summed E-state index contributed by atoms with van der Waals surface area (Å²) < 4.78 is 54.8. The van der Waals surface area contributed by atoms with Crippen LogP contribution >= 0.6 is 0 Å². The van der Waals surface area contributed by atoms with E-state index in [2.05, 4.69) is 4.98 Å². The Hall–Kier alpha value is -3.00. The van der Waals surface area contributed by atoms with Gasteiger partial charge in [0, 0.05) is 17.5 Å². The third kappa shape index (κ3) is 3.76. The number of carbonyl (C=O) groups is 1. The smallest absolute Gasteiger partial charge is 0.382 e. The van der Waals surface area contributed by atoms with Crippen LogP contribution < -0.4 is 0 Å². The Kier molecular flexibility index (Phi) is 5.16. The lowest BCUT2D eigenvalue weighted by atomic mass is 9.73. The number of hydrogen-bond donors (Lipinski definition) is 1. The van der Waals surface area contributed by atoms with Crippen molar-refractivity contribution in [2.75, 3.05) is 0 Å². The molecule has 0 amide bonds. The third-order valence-corrected chi connectivity index (χ3v) is 7.08. The van der Waals surface area contributed by atoms with Crippen LogP contribution in [-0.4, -0.2) is 26.0 Å². The fourth-order valence-corrected chi connectivity index (χ4v) is 5.22. The molecular formula is C25H22F4N2O2. The molecule has 1 unspecified atom stereocenters. The van der Waals surface area contributed by atoms with Crippen molar-refractivity contribution in [2.45, 2.75) is 55.8 Å². The van der Waals surface area contributed by atoms with Crippen LogP contribution in [0.1, 0.15) is 60.8 Å². The van der Waals surface area contributed by atoms with Gasteiger partial charge in [0.05, 0.1) is 29.8 Å². The number of Topliss-reactive ketones (excluding diaryl/α,β-unsaturated/α-hetero) is 1. The highest BCUT2D eigenvalue weighted by molar-refractivity contribution is 5.88. The number of halogens is 4. The van der Waals surface area contributed by atoms with Gasteiger partial charge in [-0.1, -0.05) is 24.3 Å². The molecule has 2 heterocycles. The van der Waals surface area contributed by atoms with Crippen molar-refractivity contribution >= 4 is 5.78 Å². The summed E-state index contributed by atoms with van der Waals surface area (Å²) in [5, 5.41) is 11.1. The predicted octanol–water partition coefficient (Wildman–Crippen LogP) is 5.66. The molecule has 1 N–H and O–H groups in total. The van der Waals surface area contributed by atoms with Crippen LogP contribution in [0.2, 0.25) is 0 Å². The number of nitrogens with zero attached hydrogens (tertiary/aromatic N) is 2. The van der Waals surface area contributed by atoms with Crippen LogP contribution in [0.5, 0.6) is 0 Å². The Morgan fingerprint density at radius 3 is 2.48 bits per heavy atom. The average Bonchev–Trinajstić information content (AvgIpc) is 3.37. The Morgan fingerprint density at radius 1 is 1.12 bits per heavy atom. The molecule has 4 nitrogen and oxygen atoms in total. The molecule has 5 rings (SSSR count). The summed E-state index contributed by atoms with van der Waals surface area (Å²) in [4.78, 5) is 17.3. The van der Waals surface area contributed by atoms with Gasteiger partial charge in [-0.15, -0.1) is 0 Å². The van der Waals surface area contributed by atoms with Crippen LogP contribution in [-0.2, 0) is 11.0 Å². The Morgan fingerprint density at radius 2 is 1.82 bits per heavy atom. The Balaban J connectivity index is 1.29. The fourth-order valence-electron chi connectivity index (χ4n) is 5.22. The number of fused-ring (bicyclic) bond motifs is 3. The molecule has 0 saturated heterocycles. The first-order chi connectivity index (χ1) is 15.7. The number of imidazole rings is 1. The second-order valence-corrected chi connectivity index (χ2v) is 8.96. The van der Waals surface area contributed by atoms with Gasteiger partial charge in [-0.3, -0.25) is 4.79 Å². The summed E-state index contributed by atoms with van der Waals surface area (Å²) in [6, 6.07) is 9.28. The Labute approximate surface area is 187 Å². The van der Waals surface area contributed by atoms with Gasteiger partial charge in [0.2, 0.25) is 0 Å². The number of aliphatic hydroxyl groups is 1. The molecule has 1 aromatic heterocycles. The molecule has 172 valence electrons. The van der Waals surface area contributed by atoms with Crippen LogP contribution in [0.3, 0.4) is 0 Å².